The van der Waals surface area contributed by atoms with E-state index in [9.17, 15) is 4.79 Å². The van der Waals surface area contributed by atoms with Gasteiger partial charge in [0.2, 0.25) is 0 Å². The van der Waals surface area contributed by atoms with Gasteiger partial charge in [-0.3, -0.25) is 4.79 Å². The van der Waals surface area contributed by atoms with E-state index in [1.807, 2.05) is 0 Å². The number of hydrogen-bond acceptors (Lipinski definition) is 2. The maximum Gasteiger partial charge on any atom is 0.256 e. The highest BCUT2D eigenvalue weighted by atomic mass is 35.5. The van der Waals surface area contributed by atoms with Gasteiger partial charge in [0.25, 0.3) is 5.91 Å². The highest BCUT2D eigenvalue weighted by molar-refractivity contribution is 6.57. The maximum atomic E-state index is 11.1. The molecule has 0 fully saturated rings. The molecule has 0 aliphatic carbocycles. The molecule has 2 atom stereocenters. The highest BCUT2D eigenvalue weighted by Crippen LogP contribution is 2.19. The van der Waals surface area contributed by atoms with Crippen molar-refractivity contribution in [3.05, 3.63) is 0 Å². The predicted molar refractivity (Wildman–Crippen MR) is 49.4 cm³/mol. The third-order valence-electron chi connectivity index (χ3n) is 1.48. The van der Waals surface area contributed by atoms with Crippen LogP contribution in [0.25, 0.3) is 0 Å². The Morgan fingerprint density at radius 1 is 1.50 bits per heavy atom. The number of rotatable bonds is 3. The van der Waals surface area contributed by atoms with Gasteiger partial charge in [-0.05, 0) is 20.8 Å². The van der Waals surface area contributed by atoms with Crippen molar-refractivity contribution in [2.75, 3.05) is 0 Å². The minimum atomic E-state index is -1.44. The molecule has 2 N–H and O–H groups in total. The van der Waals surface area contributed by atoms with Crippen LogP contribution >= 0.6 is 23.2 Å². The van der Waals surface area contributed by atoms with Crippen LogP contribution in [0.3, 0.4) is 0 Å². The second-order valence-electron chi connectivity index (χ2n) is 2.89. The van der Waals surface area contributed by atoms with Crippen LogP contribution in [0.5, 0.6) is 0 Å². The van der Waals surface area contributed by atoms with E-state index in [0.717, 1.165) is 0 Å². The van der Waals surface area contributed by atoms with Gasteiger partial charge in [-0.1, -0.05) is 23.2 Å². The van der Waals surface area contributed by atoms with Gasteiger partial charge >= 0.3 is 0 Å². The Hall–Kier alpha value is 0.01000. The number of aliphatic hydroxyl groups is 1. The summed E-state index contributed by atoms with van der Waals surface area (Å²) < 4.78 is -1.44. The lowest BCUT2D eigenvalue weighted by Crippen LogP contribution is -2.45. The number of carbonyl (C=O) groups excluding carboxylic acids is 1. The first kappa shape index (κ1) is 12.0. The molecule has 0 heterocycles. The Kier molecular flexibility index (Phi) is 4.31. The number of aliphatic hydroxyl groups excluding tert-OH is 1. The molecule has 0 aliphatic heterocycles. The zero-order valence-electron chi connectivity index (χ0n) is 7.27. The van der Waals surface area contributed by atoms with Gasteiger partial charge in [0.05, 0.1) is 12.1 Å². The second kappa shape index (κ2) is 4.30. The monoisotopic (exact) mass is 213 g/mol. The molecule has 0 rings (SSSR count). The van der Waals surface area contributed by atoms with Crippen molar-refractivity contribution in [2.24, 2.45) is 0 Å². The van der Waals surface area contributed by atoms with Crippen molar-refractivity contribution >= 4 is 29.1 Å². The van der Waals surface area contributed by atoms with Crippen molar-refractivity contribution in [1.29, 1.82) is 0 Å². The Bertz CT molecular complexity index is 165. The Morgan fingerprint density at radius 3 is 2.17 bits per heavy atom. The number of amides is 1. The quantitative estimate of drug-likeness (QED) is 0.690. The molecule has 0 spiro atoms. The van der Waals surface area contributed by atoms with Crippen LogP contribution in [0.1, 0.15) is 20.8 Å². The number of carbonyl (C=O) groups is 1. The SMILES string of the molecule is CC(O)C(C)NC(=O)C(C)(Cl)Cl. The van der Waals surface area contributed by atoms with Gasteiger partial charge < -0.3 is 10.4 Å². The lowest BCUT2D eigenvalue weighted by Gasteiger charge is -2.20. The number of hydrogen-bond donors (Lipinski definition) is 2. The summed E-state index contributed by atoms with van der Waals surface area (Å²) in [4.78, 5) is 11.1. The fourth-order valence-electron chi connectivity index (χ4n) is 0.454. The van der Waals surface area contributed by atoms with E-state index in [-0.39, 0.29) is 6.04 Å². The molecule has 0 aliphatic rings. The Morgan fingerprint density at radius 2 is 1.92 bits per heavy atom. The third-order valence-corrected chi connectivity index (χ3v) is 1.82. The van der Waals surface area contributed by atoms with Crippen LogP contribution < -0.4 is 5.32 Å². The summed E-state index contributed by atoms with van der Waals surface area (Å²) in [5, 5.41) is 11.5. The zero-order chi connectivity index (χ0) is 9.94. The van der Waals surface area contributed by atoms with Crippen LogP contribution in [0.2, 0.25) is 0 Å². The minimum Gasteiger partial charge on any atom is -0.391 e. The van der Waals surface area contributed by atoms with E-state index in [4.69, 9.17) is 28.3 Å². The number of halogens is 2. The van der Waals surface area contributed by atoms with Gasteiger partial charge in [-0.25, -0.2) is 0 Å². The molecule has 0 bridgehead atoms. The second-order valence-corrected chi connectivity index (χ2v) is 4.60. The first-order valence-electron chi connectivity index (χ1n) is 3.62. The van der Waals surface area contributed by atoms with Crippen molar-refractivity contribution in [3.8, 4) is 0 Å². The van der Waals surface area contributed by atoms with Crippen molar-refractivity contribution in [1.82, 2.24) is 5.32 Å². The standard InChI is InChI=1S/C7H13Cl2NO2/c1-4(5(2)11)10-6(12)7(3,8)9/h4-5,11H,1-3H3,(H,10,12). The third kappa shape index (κ3) is 4.14. The van der Waals surface area contributed by atoms with E-state index in [1.165, 1.54) is 6.92 Å². The molecule has 0 aromatic carbocycles. The fraction of sp³-hybridized carbons (Fsp3) is 0.857. The van der Waals surface area contributed by atoms with Crippen molar-refractivity contribution in [3.63, 3.8) is 0 Å². The summed E-state index contributed by atoms with van der Waals surface area (Å²) in [5.74, 6) is -0.501. The lowest BCUT2D eigenvalue weighted by molar-refractivity contribution is -0.122. The predicted octanol–water partition coefficient (Wildman–Crippen LogP) is 1.07. The van der Waals surface area contributed by atoms with E-state index in [2.05, 4.69) is 5.32 Å². The smallest absolute Gasteiger partial charge is 0.256 e. The van der Waals surface area contributed by atoms with Crippen molar-refractivity contribution < 1.29 is 9.90 Å². The van der Waals surface area contributed by atoms with E-state index in [1.54, 1.807) is 13.8 Å². The molecular weight excluding hydrogens is 201 g/mol. The summed E-state index contributed by atoms with van der Waals surface area (Å²) in [6.45, 7) is 4.62. The number of alkyl halides is 2. The van der Waals surface area contributed by atoms with E-state index < -0.39 is 16.3 Å². The molecule has 2 unspecified atom stereocenters. The van der Waals surface area contributed by atoms with Gasteiger partial charge in [-0.15, -0.1) is 0 Å². The minimum absolute atomic E-state index is 0.352. The first-order valence-corrected chi connectivity index (χ1v) is 4.37. The highest BCUT2D eigenvalue weighted by Gasteiger charge is 2.28. The van der Waals surface area contributed by atoms with E-state index in [0.29, 0.717) is 0 Å². The molecule has 0 saturated carbocycles. The van der Waals surface area contributed by atoms with Gasteiger partial charge in [0.1, 0.15) is 0 Å². The van der Waals surface area contributed by atoms with Crippen LogP contribution in [-0.4, -0.2) is 27.5 Å². The van der Waals surface area contributed by atoms with Gasteiger partial charge in [0.15, 0.2) is 4.33 Å². The molecule has 0 aromatic heterocycles. The summed E-state index contributed by atoms with van der Waals surface area (Å²) in [6, 6.07) is -0.352. The van der Waals surface area contributed by atoms with Crippen LogP contribution in [0.15, 0.2) is 0 Å². The Balaban J connectivity index is 4.02. The van der Waals surface area contributed by atoms with Gasteiger partial charge in [-0.2, -0.15) is 0 Å². The normalized spacial score (nSPS) is 16.8. The number of nitrogens with one attached hydrogen (secondary N) is 1. The molecule has 0 saturated heterocycles. The fourth-order valence-corrected chi connectivity index (χ4v) is 0.563. The molecule has 5 heteroatoms. The largest absolute Gasteiger partial charge is 0.391 e. The summed E-state index contributed by atoms with van der Waals surface area (Å²) in [5.41, 5.74) is 0. The van der Waals surface area contributed by atoms with Crippen LogP contribution in [-0.2, 0) is 4.79 Å². The molecule has 0 aromatic rings. The summed E-state index contributed by atoms with van der Waals surface area (Å²) in [7, 11) is 0. The van der Waals surface area contributed by atoms with Crippen molar-refractivity contribution in [2.45, 2.75) is 37.3 Å². The zero-order valence-corrected chi connectivity index (χ0v) is 8.78. The van der Waals surface area contributed by atoms with Gasteiger partial charge in [0, 0.05) is 0 Å². The topological polar surface area (TPSA) is 49.3 Å². The summed E-state index contributed by atoms with van der Waals surface area (Å²) in [6.07, 6.45) is -0.621. The van der Waals surface area contributed by atoms with Crippen LogP contribution in [0.4, 0.5) is 0 Å². The average Bonchev–Trinajstić information content (AvgIpc) is 1.85. The average molecular weight is 214 g/mol. The van der Waals surface area contributed by atoms with Crippen LogP contribution in [0, 0.1) is 0 Å². The molecule has 72 valence electrons. The molecular formula is C7H13Cl2NO2. The Labute approximate surface area is 82.0 Å². The lowest BCUT2D eigenvalue weighted by atomic mass is 10.2. The maximum absolute atomic E-state index is 11.1. The molecule has 0 radical (unpaired) electrons. The summed E-state index contributed by atoms with van der Waals surface area (Å²) >= 11 is 11.0. The van der Waals surface area contributed by atoms with E-state index >= 15 is 0 Å². The molecule has 12 heavy (non-hydrogen) atoms. The molecule has 3 nitrogen and oxygen atoms in total. The first-order chi connectivity index (χ1) is 5.25. The molecule has 1 amide bonds.